The third-order valence-corrected chi connectivity index (χ3v) is 5.30. The molecule has 1 aliphatic heterocycles. The minimum absolute atomic E-state index is 0.0535. The second-order valence-corrected chi connectivity index (χ2v) is 7.17. The Morgan fingerprint density at radius 2 is 1.88 bits per heavy atom. The van der Waals surface area contributed by atoms with Gasteiger partial charge in [-0.25, -0.2) is 0 Å². The van der Waals surface area contributed by atoms with Crippen molar-refractivity contribution in [3.05, 3.63) is 35.4 Å². The standard InChI is InChI=1S/C20H28N2O3/c1-15(23)21-13-16-7-9-18(10-8-16)20(24)22-11-12-25-19(14-22)17-5-3-2-4-6-17/h7-10,17,19H,2-6,11-14H2,1H3,(H,21,23)/t19-/m1/s1. The molecule has 0 radical (unpaired) electrons. The molecule has 2 aliphatic rings. The van der Waals surface area contributed by atoms with E-state index in [1.54, 1.807) is 0 Å². The smallest absolute Gasteiger partial charge is 0.254 e. The molecule has 1 aromatic rings. The lowest BCUT2D eigenvalue weighted by atomic mass is 9.84. The number of hydrogen-bond donors (Lipinski definition) is 1. The van der Waals surface area contributed by atoms with Gasteiger partial charge in [-0.3, -0.25) is 9.59 Å². The maximum Gasteiger partial charge on any atom is 0.254 e. The van der Waals surface area contributed by atoms with Crippen molar-refractivity contribution in [2.45, 2.75) is 51.7 Å². The van der Waals surface area contributed by atoms with Gasteiger partial charge in [-0.05, 0) is 36.5 Å². The number of ether oxygens (including phenoxy) is 1. The van der Waals surface area contributed by atoms with E-state index in [0.717, 1.165) is 5.56 Å². The predicted molar refractivity (Wildman–Crippen MR) is 96.2 cm³/mol. The largest absolute Gasteiger partial charge is 0.374 e. The lowest BCUT2D eigenvalue weighted by Gasteiger charge is -2.38. The van der Waals surface area contributed by atoms with E-state index in [0.29, 0.717) is 37.7 Å². The molecule has 5 nitrogen and oxygen atoms in total. The van der Waals surface area contributed by atoms with Crippen LogP contribution in [0.25, 0.3) is 0 Å². The zero-order valence-corrected chi connectivity index (χ0v) is 15.0. The Balaban J connectivity index is 1.58. The molecule has 25 heavy (non-hydrogen) atoms. The third kappa shape index (κ3) is 4.82. The molecule has 1 aromatic carbocycles. The molecule has 1 saturated carbocycles. The van der Waals surface area contributed by atoms with Gasteiger partial charge in [-0.1, -0.05) is 31.4 Å². The second kappa shape index (κ2) is 8.48. The van der Waals surface area contributed by atoms with Crippen LogP contribution in [0.4, 0.5) is 0 Å². The normalized spacial score (nSPS) is 21.8. The highest BCUT2D eigenvalue weighted by molar-refractivity contribution is 5.94. The van der Waals surface area contributed by atoms with Gasteiger partial charge in [0.1, 0.15) is 0 Å². The Hall–Kier alpha value is -1.88. The van der Waals surface area contributed by atoms with E-state index in [9.17, 15) is 9.59 Å². The van der Waals surface area contributed by atoms with Gasteiger partial charge >= 0.3 is 0 Å². The Morgan fingerprint density at radius 1 is 1.16 bits per heavy atom. The zero-order valence-electron chi connectivity index (χ0n) is 15.0. The first-order valence-corrected chi connectivity index (χ1v) is 9.38. The molecule has 2 amide bonds. The van der Waals surface area contributed by atoms with Crippen molar-refractivity contribution in [1.29, 1.82) is 0 Å². The number of morpholine rings is 1. The van der Waals surface area contributed by atoms with Crippen molar-refractivity contribution >= 4 is 11.8 Å². The Bertz CT molecular complexity index is 593. The van der Waals surface area contributed by atoms with Crippen LogP contribution in [-0.4, -0.2) is 42.5 Å². The number of rotatable bonds is 4. The van der Waals surface area contributed by atoms with Gasteiger partial charge in [0.25, 0.3) is 5.91 Å². The molecular weight excluding hydrogens is 316 g/mol. The number of nitrogens with one attached hydrogen (secondary N) is 1. The van der Waals surface area contributed by atoms with Crippen molar-refractivity contribution in [2.24, 2.45) is 5.92 Å². The molecule has 1 N–H and O–H groups in total. The molecule has 5 heteroatoms. The minimum Gasteiger partial charge on any atom is -0.374 e. The minimum atomic E-state index is -0.0535. The van der Waals surface area contributed by atoms with Gasteiger partial charge in [0, 0.05) is 32.1 Å². The van der Waals surface area contributed by atoms with Crippen molar-refractivity contribution in [1.82, 2.24) is 10.2 Å². The van der Waals surface area contributed by atoms with Gasteiger partial charge in [0.15, 0.2) is 0 Å². The van der Waals surface area contributed by atoms with Crippen LogP contribution in [-0.2, 0) is 16.1 Å². The first-order chi connectivity index (χ1) is 12.1. The SMILES string of the molecule is CC(=O)NCc1ccc(C(=O)N2CCO[C@@H](C3CCCCC3)C2)cc1. The van der Waals surface area contributed by atoms with Crippen molar-refractivity contribution < 1.29 is 14.3 Å². The van der Waals surface area contributed by atoms with E-state index < -0.39 is 0 Å². The molecule has 136 valence electrons. The van der Waals surface area contributed by atoms with Crippen molar-refractivity contribution in [3.8, 4) is 0 Å². The molecule has 0 spiro atoms. The fourth-order valence-electron chi connectivity index (χ4n) is 3.83. The van der Waals surface area contributed by atoms with Crippen LogP contribution in [0, 0.1) is 5.92 Å². The molecule has 1 atom stereocenters. The molecule has 3 rings (SSSR count). The van der Waals surface area contributed by atoms with E-state index in [2.05, 4.69) is 5.32 Å². The lowest BCUT2D eigenvalue weighted by Crippen LogP contribution is -2.48. The topological polar surface area (TPSA) is 58.6 Å². The number of nitrogens with zero attached hydrogens (tertiary/aromatic N) is 1. The van der Waals surface area contributed by atoms with Crippen LogP contribution in [0.5, 0.6) is 0 Å². The van der Waals surface area contributed by atoms with E-state index >= 15 is 0 Å². The molecular formula is C20H28N2O3. The highest BCUT2D eigenvalue weighted by atomic mass is 16.5. The quantitative estimate of drug-likeness (QED) is 0.914. The van der Waals surface area contributed by atoms with Crippen molar-refractivity contribution in [2.75, 3.05) is 19.7 Å². The maximum absolute atomic E-state index is 12.8. The van der Waals surface area contributed by atoms with Crippen LogP contribution in [0.1, 0.15) is 54.9 Å². The van der Waals surface area contributed by atoms with Gasteiger partial charge in [-0.15, -0.1) is 0 Å². The molecule has 1 saturated heterocycles. The van der Waals surface area contributed by atoms with Crippen LogP contribution in [0.2, 0.25) is 0 Å². The number of hydrogen-bond acceptors (Lipinski definition) is 3. The maximum atomic E-state index is 12.8. The van der Waals surface area contributed by atoms with Crippen LogP contribution in [0.3, 0.4) is 0 Å². The van der Waals surface area contributed by atoms with E-state index in [-0.39, 0.29) is 17.9 Å². The summed E-state index contributed by atoms with van der Waals surface area (Å²) in [6.45, 7) is 3.99. The Kier molecular flexibility index (Phi) is 6.08. The summed E-state index contributed by atoms with van der Waals surface area (Å²) in [5, 5.41) is 2.77. The van der Waals surface area contributed by atoms with Crippen LogP contribution >= 0.6 is 0 Å². The number of amides is 2. The summed E-state index contributed by atoms with van der Waals surface area (Å²) in [6.07, 6.45) is 6.55. The van der Waals surface area contributed by atoms with Crippen molar-refractivity contribution in [3.63, 3.8) is 0 Å². The summed E-state index contributed by atoms with van der Waals surface area (Å²) in [6, 6.07) is 7.51. The van der Waals surface area contributed by atoms with Gasteiger partial charge in [0.2, 0.25) is 5.91 Å². The second-order valence-electron chi connectivity index (χ2n) is 7.17. The summed E-state index contributed by atoms with van der Waals surface area (Å²) in [4.78, 5) is 25.7. The van der Waals surface area contributed by atoms with Gasteiger partial charge in [-0.2, -0.15) is 0 Å². The average molecular weight is 344 g/mol. The Morgan fingerprint density at radius 3 is 2.56 bits per heavy atom. The molecule has 1 heterocycles. The first kappa shape index (κ1) is 17.9. The first-order valence-electron chi connectivity index (χ1n) is 9.38. The van der Waals surface area contributed by atoms with Crippen LogP contribution < -0.4 is 5.32 Å². The number of carbonyl (C=O) groups excluding carboxylic acids is 2. The van der Waals surface area contributed by atoms with Gasteiger partial charge in [0.05, 0.1) is 12.7 Å². The van der Waals surface area contributed by atoms with E-state index in [1.165, 1.54) is 39.0 Å². The predicted octanol–water partition coefficient (Wildman–Crippen LogP) is 2.74. The summed E-state index contributed by atoms with van der Waals surface area (Å²) < 4.78 is 5.97. The van der Waals surface area contributed by atoms with E-state index in [1.807, 2.05) is 29.2 Å². The lowest BCUT2D eigenvalue weighted by molar-refractivity contribution is -0.119. The highest BCUT2D eigenvalue weighted by Gasteiger charge is 2.31. The van der Waals surface area contributed by atoms with E-state index in [4.69, 9.17) is 4.74 Å². The third-order valence-electron chi connectivity index (χ3n) is 5.30. The van der Waals surface area contributed by atoms with Gasteiger partial charge < -0.3 is 15.0 Å². The number of carbonyl (C=O) groups is 2. The van der Waals surface area contributed by atoms with Crippen LogP contribution in [0.15, 0.2) is 24.3 Å². The molecule has 1 aliphatic carbocycles. The summed E-state index contributed by atoms with van der Waals surface area (Å²) in [5.41, 5.74) is 1.70. The molecule has 0 unspecified atom stereocenters. The number of benzene rings is 1. The summed E-state index contributed by atoms with van der Waals surface area (Å²) in [7, 11) is 0. The fraction of sp³-hybridized carbons (Fsp3) is 0.600. The Labute approximate surface area is 149 Å². The highest BCUT2D eigenvalue weighted by Crippen LogP contribution is 2.29. The zero-order chi connectivity index (χ0) is 17.6. The molecule has 0 aromatic heterocycles. The monoisotopic (exact) mass is 344 g/mol. The summed E-state index contributed by atoms with van der Waals surface area (Å²) in [5.74, 6) is 0.627. The summed E-state index contributed by atoms with van der Waals surface area (Å²) >= 11 is 0. The molecule has 0 bridgehead atoms. The fourth-order valence-corrected chi connectivity index (χ4v) is 3.83. The average Bonchev–Trinajstić information content (AvgIpc) is 2.67. The molecule has 2 fully saturated rings.